The van der Waals surface area contributed by atoms with Gasteiger partial charge in [-0.05, 0) is 54.6 Å². The van der Waals surface area contributed by atoms with Crippen LogP contribution < -0.4 is 17.1 Å². The molecule has 2 fully saturated rings. The number of hydrogen-bond donors (Lipinski definition) is 0. The maximum Gasteiger partial charge on any atom is 0.272 e. The van der Waals surface area contributed by atoms with E-state index in [4.69, 9.17) is 4.74 Å². The van der Waals surface area contributed by atoms with E-state index in [1.807, 2.05) is 29.2 Å². The summed E-state index contributed by atoms with van der Waals surface area (Å²) in [4.78, 5) is 24.0. The van der Waals surface area contributed by atoms with E-state index in [2.05, 4.69) is 17.0 Å². The van der Waals surface area contributed by atoms with Crippen LogP contribution >= 0.6 is 0 Å². The first-order valence-electron chi connectivity index (χ1n) is 12.0. The molecule has 3 heterocycles. The number of carbonyl (C=O) groups is 1. The van der Waals surface area contributed by atoms with Crippen LogP contribution in [-0.4, -0.2) is 64.5 Å². The number of benzene rings is 2. The van der Waals surface area contributed by atoms with Crippen LogP contribution in [0.2, 0.25) is 0 Å². The molecule has 2 aromatic carbocycles. The van der Waals surface area contributed by atoms with Gasteiger partial charge in [0.25, 0.3) is 5.91 Å². The zero-order valence-electron chi connectivity index (χ0n) is 19.9. The zero-order chi connectivity index (χ0) is 23.5. The lowest BCUT2D eigenvalue weighted by Gasteiger charge is -2.42. The quantitative estimate of drug-likeness (QED) is 0.506. The molecule has 0 aliphatic carbocycles. The number of amides is 1. The molecular weight excluding hydrogens is 467 g/mol. The van der Waals surface area contributed by atoms with E-state index in [1.165, 1.54) is 42.5 Å². The number of nitrogens with zero attached hydrogens (tertiary/aromatic N) is 4. The highest BCUT2D eigenvalue weighted by molar-refractivity contribution is 5.92. The van der Waals surface area contributed by atoms with Gasteiger partial charge in [0, 0.05) is 50.5 Å². The van der Waals surface area contributed by atoms with Crippen molar-refractivity contribution in [2.24, 2.45) is 0 Å². The number of quaternary nitrogens is 1. The van der Waals surface area contributed by atoms with Crippen LogP contribution in [0.4, 0.5) is 4.39 Å². The van der Waals surface area contributed by atoms with Crippen LogP contribution in [-0.2, 0) is 0 Å². The van der Waals surface area contributed by atoms with Gasteiger partial charge >= 0.3 is 0 Å². The molecule has 2 aliphatic rings. The summed E-state index contributed by atoms with van der Waals surface area (Å²) in [5, 5.41) is 0. The number of piperidine rings is 1. The lowest BCUT2D eigenvalue weighted by Crippen LogP contribution is -3.00. The molecule has 1 aromatic heterocycles. The summed E-state index contributed by atoms with van der Waals surface area (Å²) in [6, 6.07) is 15.6. The van der Waals surface area contributed by atoms with E-state index in [0.29, 0.717) is 29.1 Å². The van der Waals surface area contributed by atoms with Gasteiger partial charge in [0.05, 0.1) is 26.2 Å². The molecule has 2 aliphatic heterocycles. The third-order valence-corrected chi connectivity index (χ3v) is 7.26. The molecule has 184 valence electrons. The summed E-state index contributed by atoms with van der Waals surface area (Å²) < 4.78 is 20.0. The molecule has 2 saturated heterocycles. The summed E-state index contributed by atoms with van der Waals surface area (Å²) in [6.07, 6.45) is 6.38. The fourth-order valence-corrected chi connectivity index (χ4v) is 5.20. The molecular formula is C27H30ClFN4O2. The molecule has 6 nitrogen and oxygen atoms in total. The highest BCUT2D eigenvalue weighted by atomic mass is 35.5. The summed E-state index contributed by atoms with van der Waals surface area (Å²) in [7, 11) is 2.38. The van der Waals surface area contributed by atoms with Crippen molar-refractivity contribution in [2.45, 2.75) is 31.7 Å². The van der Waals surface area contributed by atoms with Gasteiger partial charge in [-0.15, -0.1) is 0 Å². The standard InChI is InChI=1S/C27H30FN4O2.ClH/c1-32(18-2-3-19-32)22-13-16-31(17-14-22)27(33)25-12-15-29-26(30-25)20-4-8-23(9-5-20)34-24-10-6-21(28)7-11-24;/h4-12,15,22H,2-3,13-14,16-19H2,1H3;1H/q+1;/p-1. The molecule has 0 N–H and O–H groups in total. The molecule has 0 saturated carbocycles. The molecule has 35 heavy (non-hydrogen) atoms. The predicted molar refractivity (Wildman–Crippen MR) is 128 cm³/mol. The number of rotatable bonds is 5. The van der Waals surface area contributed by atoms with Crippen LogP contribution in [0.15, 0.2) is 60.8 Å². The first kappa shape index (κ1) is 25.1. The number of hydrogen-bond acceptors (Lipinski definition) is 4. The Kier molecular flexibility index (Phi) is 7.67. The minimum Gasteiger partial charge on any atom is -1.00 e. The average Bonchev–Trinajstić information content (AvgIpc) is 3.33. The molecule has 5 rings (SSSR count). The van der Waals surface area contributed by atoms with E-state index in [0.717, 1.165) is 31.5 Å². The molecule has 3 aromatic rings. The van der Waals surface area contributed by atoms with Crippen molar-refractivity contribution in [1.82, 2.24) is 14.9 Å². The minimum absolute atomic E-state index is 0. The number of carbonyl (C=O) groups excluding carboxylic acids is 1. The van der Waals surface area contributed by atoms with Crippen LogP contribution in [0.3, 0.4) is 0 Å². The van der Waals surface area contributed by atoms with Crippen LogP contribution in [0.25, 0.3) is 11.4 Å². The van der Waals surface area contributed by atoms with Gasteiger partial charge in [0.15, 0.2) is 5.82 Å². The normalized spacial score (nSPS) is 17.6. The minimum atomic E-state index is -0.305. The van der Waals surface area contributed by atoms with Gasteiger partial charge in [-0.25, -0.2) is 14.4 Å². The topological polar surface area (TPSA) is 55.3 Å². The monoisotopic (exact) mass is 496 g/mol. The Morgan fingerprint density at radius 2 is 1.57 bits per heavy atom. The predicted octanol–water partition coefficient (Wildman–Crippen LogP) is 1.92. The van der Waals surface area contributed by atoms with Crippen molar-refractivity contribution < 1.29 is 30.8 Å². The van der Waals surface area contributed by atoms with Crippen LogP contribution in [0, 0.1) is 5.82 Å². The molecule has 1 amide bonds. The lowest BCUT2D eigenvalue weighted by molar-refractivity contribution is -0.923. The van der Waals surface area contributed by atoms with Gasteiger partial charge in [-0.3, -0.25) is 4.79 Å². The largest absolute Gasteiger partial charge is 1.00 e. The van der Waals surface area contributed by atoms with Gasteiger partial charge in [-0.2, -0.15) is 0 Å². The lowest BCUT2D eigenvalue weighted by atomic mass is 10.0. The molecule has 0 bridgehead atoms. The second-order valence-corrected chi connectivity index (χ2v) is 9.50. The molecule has 0 spiro atoms. The van der Waals surface area contributed by atoms with E-state index >= 15 is 0 Å². The summed E-state index contributed by atoms with van der Waals surface area (Å²) >= 11 is 0. The number of aromatic nitrogens is 2. The Hall–Kier alpha value is -3.03. The van der Waals surface area contributed by atoms with E-state index in [-0.39, 0.29) is 24.1 Å². The zero-order valence-corrected chi connectivity index (χ0v) is 20.6. The van der Waals surface area contributed by atoms with Crippen molar-refractivity contribution in [3.63, 3.8) is 0 Å². The molecule has 8 heteroatoms. The molecule has 0 unspecified atom stereocenters. The van der Waals surface area contributed by atoms with Crippen molar-refractivity contribution in [1.29, 1.82) is 0 Å². The first-order valence-corrected chi connectivity index (χ1v) is 12.0. The van der Waals surface area contributed by atoms with E-state index < -0.39 is 0 Å². The van der Waals surface area contributed by atoms with Gasteiger partial charge in [0.2, 0.25) is 0 Å². The Balaban J connectivity index is 0.00000289. The summed E-state index contributed by atoms with van der Waals surface area (Å²) in [5.74, 6) is 1.36. The average molecular weight is 497 g/mol. The third kappa shape index (κ3) is 5.63. The SMILES string of the molecule is C[N+]1(C2CCN(C(=O)c3ccnc(-c4ccc(Oc5ccc(F)cc5)cc4)n3)CC2)CCCC1.[Cl-]. The highest BCUT2D eigenvalue weighted by Gasteiger charge is 2.38. The molecule has 0 atom stereocenters. The fourth-order valence-electron chi connectivity index (χ4n) is 5.20. The number of ether oxygens (including phenoxy) is 1. The van der Waals surface area contributed by atoms with E-state index in [1.54, 1.807) is 24.4 Å². The van der Waals surface area contributed by atoms with Gasteiger partial charge < -0.3 is 26.5 Å². The Bertz CT molecular complexity index is 1140. The second kappa shape index (κ2) is 10.7. The van der Waals surface area contributed by atoms with Crippen molar-refractivity contribution in [3.05, 3.63) is 72.3 Å². The smallest absolute Gasteiger partial charge is 0.272 e. The van der Waals surface area contributed by atoms with Crippen LogP contribution in [0.5, 0.6) is 11.5 Å². The number of likely N-dealkylation sites (tertiary alicyclic amines) is 2. The molecule has 0 radical (unpaired) electrons. The number of halogens is 2. The third-order valence-electron chi connectivity index (χ3n) is 7.26. The summed E-state index contributed by atoms with van der Waals surface area (Å²) in [6.45, 7) is 4.10. The van der Waals surface area contributed by atoms with Crippen molar-refractivity contribution in [3.8, 4) is 22.9 Å². The Morgan fingerprint density at radius 1 is 0.971 bits per heavy atom. The maximum absolute atomic E-state index is 13.2. The van der Waals surface area contributed by atoms with Gasteiger partial charge in [0.1, 0.15) is 23.0 Å². The highest BCUT2D eigenvalue weighted by Crippen LogP contribution is 2.29. The van der Waals surface area contributed by atoms with E-state index in [9.17, 15) is 9.18 Å². The van der Waals surface area contributed by atoms with Crippen molar-refractivity contribution in [2.75, 3.05) is 33.2 Å². The first-order chi connectivity index (χ1) is 16.5. The summed E-state index contributed by atoms with van der Waals surface area (Å²) in [5.41, 5.74) is 1.22. The van der Waals surface area contributed by atoms with Crippen molar-refractivity contribution >= 4 is 5.91 Å². The van der Waals surface area contributed by atoms with Crippen LogP contribution in [0.1, 0.15) is 36.2 Å². The second-order valence-electron chi connectivity index (χ2n) is 9.50. The fraction of sp³-hybridized carbons (Fsp3) is 0.370. The Labute approximate surface area is 211 Å². The van der Waals surface area contributed by atoms with Gasteiger partial charge in [-0.1, -0.05) is 0 Å². The Morgan fingerprint density at radius 3 is 2.20 bits per heavy atom. The maximum atomic E-state index is 13.2.